The van der Waals surface area contributed by atoms with Crippen molar-refractivity contribution < 1.29 is 9.53 Å². The van der Waals surface area contributed by atoms with E-state index in [9.17, 15) is 4.79 Å². The summed E-state index contributed by atoms with van der Waals surface area (Å²) in [4.78, 5) is 16.8. The minimum atomic E-state index is -0.158. The Morgan fingerprint density at radius 3 is 2.74 bits per heavy atom. The zero-order chi connectivity index (χ0) is 13.6. The molecule has 4 nitrogen and oxygen atoms in total. The van der Waals surface area contributed by atoms with E-state index >= 15 is 0 Å². The Bertz CT molecular complexity index is 612. The summed E-state index contributed by atoms with van der Waals surface area (Å²) < 4.78 is 5.49. The van der Waals surface area contributed by atoms with E-state index in [2.05, 4.69) is 0 Å². The Morgan fingerprint density at radius 1 is 1.37 bits per heavy atom. The number of amides is 1. The molecule has 0 aliphatic carbocycles. The number of nitrogens with zero attached hydrogens (tertiary/aromatic N) is 2. The first kappa shape index (κ1) is 12.5. The zero-order valence-electron chi connectivity index (χ0n) is 10.5. The number of hydrogen-bond donors (Lipinski definition) is 0. The summed E-state index contributed by atoms with van der Waals surface area (Å²) in [5.74, 6) is 0.171. The molecule has 0 atom stereocenters. The lowest BCUT2D eigenvalue weighted by atomic mass is 10.3. The Kier molecular flexibility index (Phi) is 2.99. The van der Waals surface area contributed by atoms with Gasteiger partial charge in [0.05, 0.1) is 5.69 Å². The predicted molar refractivity (Wildman–Crippen MR) is 78.8 cm³/mol. The van der Waals surface area contributed by atoms with Crippen LogP contribution < -0.4 is 4.90 Å². The lowest BCUT2D eigenvalue weighted by Crippen LogP contribution is -2.28. The second-order valence-electron chi connectivity index (χ2n) is 4.18. The van der Waals surface area contributed by atoms with Crippen LogP contribution >= 0.6 is 24.0 Å². The molecule has 0 N–H and O–H groups in total. The normalized spacial score (nSPS) is 22.0. The lowest BCUT2D eigenvalue weighted by molar-refractivity contribution is -0.122. The van der Waals surface area contributed by atoms with Crippen LogP contribution in [0.4, 0.5) is 5.69 Å². The van der Waals surface area contributed by atoms with E-state index in [-0.39, 0.29) is 11.1 Å². The van der Waals surface area contributed by atoms with Gasteiger partial charge in [-0.1, -0.05) is 23.9 Å². The molecule has 1 amide bonds. The van der Waals surface area contributed by atoms with Gasteiger partial charge in [-0.3, -0.25) is 9.69 Å². The highest BCUT2D eigenvalue weighted by Crippen LogP contribution is 2.47. The topological polar surface area (TPSA) is 32.8 Å². The predicted octanol–water partition coefficient (Wildman–Crippen LogP) is 2.56. The number of benzene rings is 1. The Morgan fingerprint density at radius 2 is 2.11 bits per heavy atom. The Balaban J connectivity index is 2.03. The third kappa shape index (κ3) is 1.82. The highest BCUT2D eigenvalue weighted by atomic mass is 32.2. The first-order valence-corrected chi connectivity index (χ1v) is 7.14. The van der Waals surface area contributed by atoms with E-state index in [1.54, 1.807) is 0 Å². The lowest BCUT2D eigenvalue weighted by Gasteiger charge is -2.13. The highest BCUT2D eigenvalue weighted by molar-refractivity contribution is 8.03. The van der Waals surface area contributed by atoms with Crippen molar-refractivity contribution in [1.29, 1.82) is 0 Å². The minimum Gasteiger partial charge on any atom is -0.423 e. The molecule has 1 aromatic rings. The van der Waals surface area contributed by atoms with Crippen LogP contribution in [0.15, 0.2) is 39.9 Å². The molecule has 0 unspecified atom stereocenters. The maximum atomic E-state index is 12.2. The zero-order valence-corrected chi connectivity index (χ0v) is 12.2. The largest absolute Gasteiger partial charge is 0.423 e. The second-order valence-corrected chi connectivity index (χ2v) is 5.56. The number of thioether (sulfide) groups is 1. The number of carbonyl (C=O) groups is 1. The molecule has 0 aromatic heterocycles. The van der Waals surface area contributed by atoms with E-state index in [1.165, 1.54) is 16.7 Å². The van der Waals surface area contributed by atoms with Gasteiger partial charge in [-0.15, -0.1) is 0 Å². The van der Waals surface area contributed by atoms with Crippen LogP contribution in [0.5, 0.6) is 0 Å². The van der Waals surface area contributed by atoms with E-state index in [1.807, 2.05) is 43.1 Å². The molecule has 0 saturated carbocycles. The molecule has 2 heterocycles. The minimum absolute atomic E-state index is 0.158. The number of likely N-dealkylation sites (N-methyl/N-ethyl adjacent to an activating group) is 1. The first-order chi connectivity index (χ1) is 9.13. The van der Waals surface area contributed by atoms with Crippen molar-refractivity contribution in [1.82, 2.24) is 4.90 Å². The average Bonchev–Trinajstić information content (AvgIpc) is 2.88. The van der Waals surface area contributed by atoms with Crippen LogP contribution in [0.3, 0.4) is 0 Å². The average molecular weight is 292 g/mol. The maximum absolute atomic E-state index is 12.2. The molecule has 98 valence electrons. The summed E-state index contributed by atoms with van der Waals surface area (Å²) in [5.41, 5.74) is 1.08. The van der Waals surface area contributed by atoms with Gasteiger partial charge >= 0.3 is 0 Å². The molecule has 2 aliphatic rings. The maximum Gasteiger partial charge on any atom is 0.299 e. The number of rotatable bonds is 1. The molecular weight excluding hydrogens is 280 g/mol. The van der Waals surface area contributed by atoms with Gasteiger partial charge in [-0.25, -0.2) is 0 Å². The molecule has 1 saturated heterocycles. The van der Waals surface area contributed by atoms with Crippen molar-refractivity contribution in [2.75, 3.05) is 18.5 Å². The van der Waals surface area contributed by atoms with Gasteiger partial charge in [0.25, 0.3) is 11.1 Å². The molecule has 2 aliphatic heterocycles. The monoisotopic (exact) mass is 292 g/mol. The summed E-state index contributed by atoms with van der Waals surface area (Å²) in [6.45, 7) is 2.40. The van der Waals surface area contributed by atoms with Crippen LogP contribution in [0.25, 0.3) is 0 Å². The van der Waals surface area contributed by atoms with Gasteiger partial charge in [0.1, 0.15) is 5.03 Å². The Labute approximate surface area is 121 Å². The number of ether oxygens (including phenoxy) is 1. The number of fused-ring (bicyclic) bond motifs is 1. The Hall–Kier alpha value is -1.53. The van der Waals surface area contributed by atoms with Crippen LogP contribution in [-0.2, 0) is 9.53 Å². The fraction of sp³-hybridized carbons (Fsp3) is 0.231. The first-order valence-electron chi connectivity index (χ1n) is 5.92. The molecule has 19 heavy (non-hydrogen) atoms. The second kappa shape index (κ2) is 4.54. The van der Waals surface area contributed by atoms with Gasteiger partial charge in [-0.05, 0) is 31.3 Å². The van der Waals surface area contributed by atoms with E-state index < -0.39 is 0 Å². The van der Waals surface area contributed by atoms with E-state index in [4.69, 9.17) is 17.0 Å². The summed E-state index contributed by atoms with van der Waals surface area (Å²) >= 11 is 6.61. The molecule has 0 bridgehead atoms. The number of para-hydroxylation sites is 1. The molecular formula is C13H12N2O2S2. The molecule has 0 spiro atoms. The summed E-state index contributed by atoms with van der Waals surface area (Å²) in [6.07, 6.45) is 0. The van der Waals surface area contributed by atoms with Crippen molar-refractivity contribution in [3.05, 3.63) is 35.1 Å². The van der Waals surface area contributed by atoms with Crippen LogP contribution in [0.2, 0.25) is 0 Å². The summed E-state index contributed by atoms with van der Waals surface area (Å²) in [7, 11) is 1.93. The number of hydrogen-bond acceptors (Lipinski definition) is 5. The van der Waals surface area contributed by atoms with Gasteiger partial charge < -0.3 is 9.64 Å². The van der Waals surface area contributed by atoms with E-state index in [0.717, 1.165) is 15.6 Å². The third-order valence-electron chi connectivity index (χ3n) is 3.10. The van der Waals surface area contributed by atoms with Crippen molar-refractivity contribution in [3.63, 3.8) is 0 Å². The highest BCUT2D eigenvalue weighted by Gasteiger charge is 2.38. The summed E-state index contributed by atoms with van der Waals surface area (Å²) in [6, 6.07) is 8.00. The van der Waals surface area contributed by atoms with Crippen molar-refractivity contribution in [2.24, 2.45) is 0 Å². The number of carbonyl (C=O) groups excluding carboxylic acids is 1. The van der Waals surface area contributed by atoms with Crippen LogP contribution in [0.1, 0.15) is 6.92 Å². The molecule has 0 radical (unpaired) electrons. The smallest absolute Gasteiger partial charge is 0.299 e. The summed E-state index contributed by atoms with van der Waals surface area (Å²) in [5, 5.41) is 1.03. The van der Waals surface area contributed by atoms with Gasteiger partial charge in [-0.2, -0.15) is 0 Å². The number of anilines is 1. The van der Waals surface area contributed by atoms with Gasteiger partial charge in [0, 0.05) is 18.5 Å². The fourth-order valence-electron chi connectivity index (χ4n) is 2.10. The molecule has 1 fully saturated rings. The third-order valence-corrected chi connectivity index (χ3v) is 4.62. The molecule has 3 rings (SSSR count). The van der Waals surface area contributed by atoms with Crippen LogP contribution in [-0.4, -0.2) is 29.6 Å². The quantitative estimate of drug-likeness (QED) is 0.587. The standard InChI is InChI=1S/C13H12N2O2S2/c1-3-15-11(16)10(17-13(15)18)12-14(2)8-6-4-5-7-9(8)19-12/h4-7H,3H2,1-2H3/b12-10-. The van der Waals surface area contributed by atoms with Gasteiger partial charge in [0.2, 0.25) is 5.76 Å². The van der Waals surface area contributed by atoms with Crippen molar-refractivity contribution in [3.8, 4) is 0 Å². The van der Waals surface area contributed by atoms with Crippen molar-refractivity contribution >= 4 is 40.7 Å². The SMILES string of the molecule is CCN1C(=O)/C(=C2/Sc3ccccc3N2C)OC1=S. The fourth-order valence-corrected chi connectivity index (χ4v) is 3.52. The van der Waals surface area contributed by atoms with Crippen LogP contribution in [0, 0.1) is 0 Å². The molecule has 6 heteroatoms. The van der Waals surface area contributed by atoms with Gasteiger partial charge in [0.15, 0.2) is 0 Å². The number of thiocarbonyl (C=S) groups is 1. The molecule has 1 aromatic carbocycles. The van der Waals surface area contributed by atoms with Crippen molar-refractivity contribution in [2.45, 2.75) is 11.8 Å². The van der Waals surface area contributed by atoms with E-state index in [0.29, 0.717) is 12.3 Å².